The average Bonchev–Trinajstić information content (AvgIpc) is 2.46. The Bertz CT molecular complexity index is 629. The average molecular weight is 432 g/mol. The molecule has 0 bridgehead atoms. The predicted molar refractivity (Wildman–Crippen MR) is 91.5 cm³/mol. The second-order valence-corrected chi connectivity index (χ2v) is 7.04. The van der Waals surface area contributed by atoms with Crippen molar-refractivity contribution in [2.75, 3.05) is 12.4 Å². The van der Waals surface area contributed by atoms with Gasteiger partial charge in [-0.1, -0.05) is 15.9 Å². The Morgan fingerprint density at radius 1 is 1.14 bits per heavy atom. The van der Waals surface area contributed by atoms with Crippen molar-refractivity contribution in [2.24, 2.45) is 0 Å². The van der Waals surface area contributed by atoms with Crippen LogP contribution in [0.5, 0.6) is 5.75 Å². The van der Waals surface area contributed by atoms with E-state index in [9.17, 15) is 4.79 Å². The van der Waals surface area contributed by atoms with Crippen LogP contribution < -0.4 is 4.74 Å². The maximum Gasteiger partial charge on any atom is 0.336 e. The first-order valence-electron chi connectivity index (χ1n) is 6.10. The molecule has 3 nitrogen and oxygen atoms in total. The number of thioether (sulfide) groups is 1. The second-order valence-electron chi connectivity index (χ2n) is 4.10. The van der Waals surface area contributed by atoms with Crippen LogP contribution >= 0.6 is 43.6 Å². The number of aromatic carboxylic acids is 1. The van der Waals surface area contributed by atoms with E-state index in [1.54, 1.807) is 23.9 Å². The number of halogens is 2. The molecule has 0 saturated carbocycles. The van der Waals surface area contributed by atoms with Crippen molar-refractivity contribution in [1.82, 2.24) is 0 Å². The van der Waals surface area contributed by atoms with E-state index in [-0.39, 0.29) is 5.56 Å². The fourth-order valence-electron chi connectivity index (χ4n) is 1.61. The largest absolute Gasteiger partial charge is 0.493 e. The molecular weight excluding hydrogens is 420 g/mol. The molecule has 0 unspecified atom stereocenters. The molecule has 2 aromatic rings. The molecule has 0 saturated heterocycles. The zero-order valence-electron chi connectivity index (χ0n) is 10.9. The van der Waals surface area contributed by atoms with E-state index in [4.69, 9.17) is 9.84 Å². The van der Waals surface area contributed by atoms with Crippen molar-refractivity contribution in [3.05, 3.63) is 57.0 Å². The summed E-state index contributed by atoms with van der Waals surface area (Å²) in [6.07, 6.45) is 0. The summed E-state index contributed by atoms with van der Waals surface area (Å²) >= 11 is 8.17. The number of ether oxygens (including phenoxy) is 1. The van der Waals surface area contributed by atoms with Gasteiger partial charge < -0.3 is 9.84 Å². The lowest BCUT2D eigenvalue weighted by Crippen LogP contribution is -2.01. The third kappa shape index (κ3) is 5.05. The summed E-state index contributed by atoms with van der Waals surface area (Å²) in [6, 6.07) is 13.0. The minimum Gasteiger partial charge on any atom is -0.493 e. The summed E-state index contributed by atoms with van der Waals surface area (Å²) in [6.45, 7) is 0.560. The maximum atomic E-state index is 11.0. The van der Waals surface area contributed by atoms with Crippen molar-refractivity contribution < 1.29 is 14.6 Å². The first-order valence-corrected chi connectivity index (χ1v) is 8.67. The monoisotopic (exact) mass is 430 g/mol. The smallest absolute Gasteiger partial charge is 0.336 e. The van der Waals surface area contributed by atoms with Gasteiger partial charge in [-0.3, -0.25) is 0 Å². The topological polar surface area (TPSA) is 46.5 Å². The van der Waals surface area contributed by atoms with Crippen LogP contribution in [-0.2, 0) is 0 Å². The highest BCUT2D eigenvalue weighted by Gasteiger charge is 2.09. The molecule has 2 aromatic carbocycles. The fraction of sp³-hybridized carbons (Fsp3) is 0.133. The first-order chi connectivity index (χ1) is 10.1. The summed E-state index contributed by atoms with van der Waals surface area (Å²) in [5, 5.41) is 9.06. The second kappa shape index (κ2) is 7.87. The van der Waals surface area contributed by atoms with Crippen molar-refractivity contribution >= 4 is 49.6 Å². The van der Waals surface area contributed by atoms with Crippen molar-refractivity contribution in [3.63, 3.8) is 0 Å². The van der Waals surface area contributed by atoms with E-state index in [2.05, 4.69) is 31.9 Å². The molecule has 0 radical (unpaired) electrons. The Balaban J connectivity index is 1.85. The van der Waals surface area contributed by atoms with Crippen LogP contribution in [0.2, 0.25) is 0 Å². The number of benzene rings is 2. The van der Waals surface area contributed by atoms with Gasteiger partial charge in [-0.15, -0.1) is 11.8 Å². The maximum absolute atomic E-state index is 11.0. The quantitative estimate of drug-likeness (QED) is 0.511. The molecule has 0 aromatic heterocycles. The zero-order valence-corrected chi connectivity index (χ0v) is 14.9. The molecule has 0 spiro atoms. The Morgan fingerprint density at radius 2 is 1.86 bits per heavy atom. The van der Waals surface area contributed by atoms with Crippen LogP contribution in [0.3, 0.4) is 0 Å². The van der Waals surface area contributed by atoms with Gasteiger partial charge >= 0.3 is 5.97 Å². The summed E-state index contributed by atoms with van der Waals surface area (Å²) < 4.78 is 7.22. The molecule has 0 heterocycles. The first kappa shape index (κ1) is 16.4. The lowest BCUT2D eigenvalue weighted by atomic mass is 10.2. The van der Waals surface area contributed by atoms with Gasteiger partial charge in [-0.05, 0) is 58.4 Å². The van der Waals surface area contributed by atoms with Crippen molar-refractivity contribution in [3.8, 4) is 5.75 Å². The summed E-state index contributed by atoms with van der Waals surface area (Å²) in [7, 11) is 0. The third-order valence-electron chi connectivity index (χ3n) is 2.60. The SMILES string of the molecule is O=C(O)c1cc(SCCOc2ccc(Br)cc2)ccc1Br. The zero-order chi connectivity index (χ0) is 15.2. The minimum atomic E-state index is -0.935. The van der Waals surface area contributed by atoms with Gasteiger partial charge in [0.2, 0.25) is 0 Å². The molecule has 1 N–H and O–H groups in total. The molecule has 0 atom stereocenters. The molecular formula is C15H12Br2O3S. The van der Waals surface area contributed by atoms with E-state index in [0.29, 0.717) is 11.1 Å². The lowest BCUT2D eigenvalue weighted by molar-refractivity contribution is 0.0695. The molecule has 0 fully saturated rings. The van der Waals surface area contributed by atoms with E-state index < -0.39 is 5.97 Å². The molecule has 0 amide bonds. The van der Waals surface area contributed by atoms with Gasteiger partial charge in [-0.25, -0.2) is 4.79 Å². The van der Waals surface area contributed by atoms with Crippen LogP contribution in [0.1, 0.15) is 10.4 Å². The lowest BCUT2D eigenvalue weighted by Gasteiger charge is -2.07. The van der Waals surface area contributed by atoms with Gasteiger partial charge in [-0.2, -0.15) is 0 Å². The molecule has 21 heavy (non-hydrogen) atoms. The standard InChI is InChI=1S/C15H12Br2O3S/c16-10-1-3-11(4-2-10)20-7-8-21-12-5-6-14(17)13(9-12)15(18)19/h1-6,9H,7-8H2,(H,18,19). The molecule has 2 rings (SSSR count). The summed E-state index contributed by atoms with van der Waals surface area (Å²) in [5.74, 6) is 0.632. The van der Waals surface area contributed by atoms with E-state index in [0.717, 1.165) is 20.9 Å². The predicted octanol–water partition coefficient (Wildman–Crippen LogP) is 5.08. The van der Waals surface area contributed by atoms with E-state index in [1.807, 2.05) is 30.3 Å². The van der Waals surface area contributed by atoms with Crippen LogP contribution in [0, 0.1) is 0 Å². The van der Waals surface area contributed by atoms with Crippen LogP contribution in [0.4, 0.5) is 0 Å². The summed E-state index contributed by atoms with van der Waals surface area (Å²) in [5.41, 5.74) is 0.272. The number of carboxylic acid groups (broad SMARTS) is 1. The van der Waals surface area contributed by atoms with Crippen LogP contribution in [0.25, 0.3) is 0 Å². The Kier molecular flexibility index (Phi) is 6.14. The van der Waals surface area contributed by atoms with Gasteiger partial charge in [0, 0.05) is 19.6 Å². The number of hydrogen-bond donors (Lipinski definition) is 1. The van der Waals surface area contributed by atoms with Gasteiger partial charge in [0.15, 0.2) is 0 Å². The number of hydrogen-bond acceptors (Lipinski definition) is 3. The molecule has 0 aliphatic rings. The normalized spacial score (nSPS) is 10.4. The van der Waals surface area contributed by atoms with Gasteiger partial charge in [0.25, 0.3) is 0 Å². The van der Waals surface area contributed by atoms with Gasteiger partial charge in [0.05, 0.1) is 12.2 Å². The Labute approximate surface area is 144 Å². The highest BCUT2D eigenvalue weighted by atomic mass is 79.9. The minimum absolute atomic E-state index is 0.272. The van der Waals surface area contributed by atoms with Crippen molar-refractivity contribution in [1.29, 1.82) is 0 Å². The fourth-order valence-corrected chi connectivity index (χ4v) is 3.06. The molecule has 0 aliphatic heterocycles. The van der Waals surface area contributed by atoms with Crippen LogP contribution in [-0.4, -0.2) is 23.4 Å². The third-order valence-corrected chi connectivity index (χ3v) is 4.78. The molecule has 6 heteroatoms. The number of carbonyl (C=O) groups is 1. The van der Waals surface area contributed by atoms with E-state index >= 15 is 0 Å². The van der Waals surface area contributed by atoms with E-state index in [1.165, 1.54) is 0 Å². The molecule has 0 aliphatic carbocycles. The Morgan fingerprint density at radius 3 is 2.52 bits per heavy atom. The number of rotatable bonds is 6. The highest BCUT2D eigenvalue weighted by Crippen LogP contribution is 2.25. The molecule has 110 valence electrons. The number of carboxylic acids is 1. The van der Waals surface area contributed by atoms with Crippen LogP contribution in [0.15, 0.2) is 56.3 Å². The Hall–Kier alpha value is -0.980. The van der Waals surface area contributed by atoms with Gasteiger partial charge in [0.1, 0.15) is 5.75 Å². The summed E-state index contributed by atoms with van der Waals surface area (Å²) in [4.78, 5) is 12.0. The van der Waals surface area contributed by atoms with Crippen molar-refractivity contribution in [2.45, 2.75) is 4.90 Å². The highest BCUT2D eigenvalue weighted by molar-refractivity contribution is 9.10.